The summed E-state index contributed by atoms with van der Waals surface area (Å²) < 4.78 is 5.22. The zero-order valence-corrected chi connectivity index (χ0v) is 13.1. The quantitative estimate of drug-likeness (QED) is 0.864. The van der Waals surface area contributed by atoms with Crippen LogP contribution in [0.25, 0.3) is 0 Å². The zero-order valence-electron chi connectivity index (χ0n) is 13.1. The molecule has 1 heterocycles. The molecule has 1 fully saturated rings. The number of nitrogens with zero attached hydrogens (tertiary/aromatic N) is 1. The molecule has 2 atom stereocenters. The molecule has 1 aliphatic rings. The van der Waals surface area contributed by atoms with Gasteiger partial charge in [0.15, 0.2) is 0 Å². The molecule has 1 aromatic rings. The maximum Gasteiger partial charge on any atom is 0.118 e. The highest BCUT2D eigenvalue weighted by Gasteiger charge is 2.23. The Bertz CT molecular complexity index is 384. The molecular formula is C17H28N2O. The first-order chi connectivity index (χ1) is 9.74. The second-order valence-corrected chi connectivity index (χ2v) is 5.73. The van der Waals surface area contributed by atoms with Gasteiger partial charge in [-0.3, -0.25) is 4.90 Å². The van der Waals surface area contributed by atoms with Crippen LogP contribution in [0.3, 0.4) is 0 Å². The van der Waals surface area contributed by atoms with Crippen LogP contribution in [0.15, 0.2) is 24.3 Å². The van der Waals surface area contributed by atoms with Crippen molar-refractivity contribution in [2.45, 2.75) is 45.2 Å². The van der Waals surface area contributed by atoms with Crippen molar-refractivity contribution in [1.29, 1.82) is 0 Å². The molecule has 0 saturated carbocycles. The van der Waals surface area contributed by atoms with E-state index in [0.717, 1.165) is 25.3 Å². The van der Waals surface area contributed by atoms with Crippen LogP contribution in [-0.4, -0.2) is 43.7 Å². The number of rotatable bonds is 6. The van der Waals surface area contributed by atoms with Crippen LogP contribution < -0.4 is 10.1 Å². The van der Waals surface area contributed by atoms with Crippen molar-refractivity contribution in [3.63, 3.8) is 0 Å². The van der Waals surface area contributed by atoms with Crippen molar-refractivity contribution in [3.8, 4) is 5.75 Å². The fraction of sp³-hybridized carbons (Fsp3) is 0.647. The number of hydrogen-bond acceptors (Lipinski definition) is 3. The first kappa shape index (κ1) is 15.3. The fourth-order valence-electron chi connectivity index (χ4n) is 3.27. The topological polar surface area (TPSA) is 24.5 Å². The highest BCUT2D eigenvalue weighted by molar-refractivity contribution is 5.27. The third-order valence-corrected chi connectivity index (χ3v) is 4.36. The van der Waals surface area contributed by atoms with Gasteiger partial charge < -0.3 is 10.1 Å². The van der Waals surface area contributed by atoms with E-state index in [2.05, 4.69) is 48.3 Å². The molecule has 3 nitrogen and oxygen atoms in total. The zero-order chi connectivity index (χ0) is 14.4. The Morgan fingerprint density at radius 3 is 2.65 bits per heavy atom. The van der Waals surface area contributed by atoms with Crippen LogP contribution in [0.5, 0.6) is 5.75 Å². The number of nitrogens with one attached hydrogen (secondary N) is 1. The second-order valence-electron chi connectivity index (χ2n) is 5.73. The van der Waals surface area contributed by atoms with Crippen molar-refractivity contribution in [3.05, 3.63) is 29.8 Å². The predicted molar refractivity (Wildman–Crippen MR) is 84.4 cm³/mol. The molecule has 0 spiro atoms. The standard InChI is InChI=1S/C17H28N2O/c1-4-19(16-6-5-11-18-13-16)14(2)12-15-7-9-17(20-3)10-8-15/h7-10,14,16,18H,4-6,11-13H2,1-3H3. The third kappa shape index (κ3) is 3.97. The summed E-state index contributed by atoms with van der Waals surface area (Å²) in [6.07, 6.45) is 3.73. The molecule has 0 aliphatic carbocycles. The van der Waals surface area contributed by atoms with Crippen molar-refractivity contribution in [2.24, 2.45) is 0 Å². The van der Waals surface area contributed by atoms with Crippen LogP contribution in [0.4, 0.5) is 0 Å². The van der Waals surface area contributed by atoms with Crippen molar-refractivity contribution in [1.82, 2.24) is 10.2 Å². The van der Waals surface area contributed by atoms with Gasteiger partial charge >= 0.3 is 0 Å². The molecule has 1 aliphatic heterocycles. The minimum absolute atomic E-state index is 0.582. The Kier molecular flexibility index (Phi) is 5.86. The van der Waals surface area contributed by atoms with Gasteiger partial charge in [0.2, 0.25) is 0 Å². The minimum Gasteiger partial charge on any atom is -0.497 e. The minimum atomic E-state index is 0.582. The highest BCUT2D eigenvalue weighted by atomic mass is 16.5. The van der Waals surface area contributed by atoms with E-state index in [1.54, 1.807) is 7.11 Å². The average Bonchev–Trinajstić information content (AvgIpc) is 2.50. The maximum atomic E-state index is 5.22. The number of benzene rings is 1. The summed E-state index contributed by atoms with van der Waals surface area (Å²) in [5, 5.41) is 3.53. The van der Waals surface area contributed by atoms with Crippen LogP contribution in [-0.2, 0) is 6.42 Å². The lowest BCUT2D eigenvalue weighted by Crippen LogP contribution is -2.50. The Hall–Kier alpha value is -1.06. The lowest BCUT2D eigenvalue weighted by molar-refractivity contribution is 0.127. The van der Waals surface area contributed by atoms with E-state index in [1.165, 1.54) is 24.9 Å². The van der Waals surface area contributed by atoms with E-state index in [0.29, 0.717) is 12.1 Å². The average molecular weight is 276 g/mol. The molecule has 1 saturated heterocycles. The first-order valence-electron chi connectivity index (χ1n) is 7.84. The Morgan fingerprint density at radius 1 is 1.35 bits per heavy atom. The molecular weight excluding hydrogens is 248 g/mol. The van der Waals surface area contributed by atoms with Gasteiger partial charge in [0.1, 0.15) is 5.75 Å². The monoisotopic (exact) mass is 276 g/mol. The lowest BCUT2D eigenvalue weighted by Gasteiger charge is -2.38. The van der Waals surface area contributed by atoms with Crippen LogP contribution >= 0.6 is 0 Å². The van der Waals surface area contributed by atoms with Gasteiger partial charge in [-0.1, -0.05) is 19.1 Å². The van der Waals surface area contributed by atoms with Crippen LogP contribution in [0.1, 0.15) is 32.3 Å². The van der Waals surface area contributed by atoms with E-state index >= 15 is 0 Å². The van der Waals surface area contributed by atoms with Crippen molar-refractivity contribution in [2.75, 3.05) is 26.7 Å². The molecule has 20 heavy (non-hydrogen) atoms. The molecule has 3 heteroatoms. The Balaban J connectivity index is 1.95. The van der Waals surface area contributed by atoms with Gasteiger partial charge in [0.05, 0.1) is 7.11 Å². The highest BCUT2D eigenvalue weighted by Crippen LogP contribution is 2.18. The number of methoxy groups -OCH3 is 1. The summed E-state index contributed by atoms with van der Waals surface area (Å²) in [6, 6.07) is 9.76. The number of likely N-dealkylation sites (N-methyl/N-ethyl adjacent to an activating group) is 1. The summed E-state index contributed by atoms with van der Waals surface area (Å²) >= 11 is 0. The van der Waals surface area contributed by atoms with E-state index in [1.807, 2.05) is 0 Å². The number of piperidine rings is 1. The van der Waals surface area contributed by atoms with Gasteiger partial charge in [0.25, 0.3) is 0 Å². The van der Waals surface area contributed by atoms with E-state index in [9.17, 15) is 0 Å². The molecule has 2 rings (SSSR count). The lowest BCUT2D eigenvalue weighted by atomic mass is 10.0. The smallest absolute Gasteiger partial charge is 0.118 e. The van der Waals surface area contributed by atoms with Gasteiger partial charge in [-0.2, -0.15) is 0 Å². The van der Waals surface area contributed by atoms with E-state index in [-0.39, 0.29) is 0 Å². The van der Waals surface area contributed by atoms with Gasteiger partial charge in [-0.15, -0.1) is 0 Å². The summed E-state index contributed by atoms with van der Waals surface area (Å²) in [5.41, 5.74) is 1.39. The summed E-state index contributed by atoms with van der Waals surface area (Å²) in [7, 11) is 1.71. The molecule has 2 unspecified atom stereocenters. The van der Waals surface area contributed by atoms with Gasteiger partial charge in [-0.25, -0.2) is 0 Å². The Labute approximate surface area is 123 Å². The molecule has 112 valence electrons. The van der Waals surface area contributed by atoms with Crippen molar-refractivity contribution < 1.29 is 4.74 Å². The Morgan fingerprint density at radius 2 is 2.10 bits per heavy atom. The van der Waals surface area contributed by atoms with Crippen LogP contribution in [0.2, 0.25) is 0 Å². The number of ether oxygens (including phenoxy) is 1. The summed E-state index contributed by atoms with van der Waals surface area (Å²) in [6.45, 7) is 8.08. The molecule has 0 bridgehead atoms. The maximum absolute atomic E-state index is 5.22. The molecule has 1 N–H and O–H groups in total. The van der Waals surface area contributed by atoms with E-state index < -0.39 is 0 Å². The van der Waals surface area contributed by atoms with Gasteiger partial charge in [0, 0.05) is 18.6 Å². The molecule has 1 aromatic carbocycles. The van der Waals surface area contributed by atoms with Crippen molar-refractivity contribution >= 4 is 0 Å². The van der Waals surface area contributed by atoms with Gasteiger partial charge in [-0.05, 0) is 57.0 Å². The predicted octanol–water partition coefficient (Wildman–Crippen LogP) is 2.70. The largest absolute Gasteiger partial charge is 0.497 e. The third-order valence-electron chi connectivity index (χ3n) is 4.36. The molecule has 0 aromatic heterocycles. The first-order valence-corrected chi connectivity index (χ1v) is 7.84. The number of hydrogen-bond donors (Lipinski definition) is 1. The summed E-state index contributed by atoms with van der Waals surface area (Å²) in [4.78, 5) is 2.65. The van der Waals surface area contributed by atoms with E-state index in [4.69, 9.17) is 4.74 Å². The second kappa shape index (κ2) is 7.65. The fourth-order valence-corrected chi connectivity index (χ4v) is 3.27. The summed E-state index contributed by atoms with van der Waals surface area (Å²) in [5.74, 6) is 0.935. The normalized spacial score (nSPS) is 20.9. The molecule has 0 amide bonds. The SMILES string of the molecule is CCN(C(C)Cc1ccc(OC)cc1)C1CCCNC1. The molecule has 0 radical (unpaired) electrons. The van der Waals surface area contributed by atoms with Crippen LogP contribution in [0, 0.1) is 0 Å².